The van der Waals surface area contributed by atoms with Crippen LogP contribution in [0.15, 0.2) is 57.2 Å². The number of aromatic hydroxyl groups is 1. The molecule has 0 aliphatic heterocycles. The molecule has 2 aromatic carbocycles. The largest absolute Gasteiger partial charge is 0.507 e. The fraction of sp³-hybridized carbons (Fsp3) is 0.238. The maximum atomic E-state index is 11.9. The molecule has 10 heteroatoms. The topological polar surface area (TPSA) is 110 Å². The minimum absolute atomic E-state index is 0.0159. The smallest absolute Gasteiger partial charge is 0.277 e. The van der Waals surface area contributed by atoms with Gasteiger partial charge >= 0.3 is 0 Å². The van der Waals surface area contributed by atoms with Crippen LogP contribution in [0.2, 0.25) is 5.02 Å². The number of hydrogen-bond donors (Lipinski definition) is 2. The van der Waals surface area contributed by atoms with Crippen LogP contribution in [0.4, 0.5) is 0 Å². The first kappa shape index (κ1) is 22.6. The highest BCUT2D eigenvalue weighted by atomic mass is 35.5. The summed E-state index contributed by atoms with van der Waals surface area (Å²) in [5.74, 6) is 1.10. The Labute approximate surface area is 188 Å². The Balaban J connectivity index is 1.38. The number of aryl methyl sites for hydroxylation is 2. The van der Waals surface area contributed by atoms with Gasteiger partial charge in [-0.15, -0.1) is 10.2 Å². The van der Waals surface area contributed by atoms with Gasteiger partial charge in [0.15, 0.2) is 0 Å². The van der Waals surface area contributed by atoms with Crippen LogP contribution in [0.25, 0.3) is 0 Å². The van der Waals surface area contributed by atoms with Crippen molar-refractivity contribution in [3.05, 3.63) is 64.5 Å². The van der Waals surface area contributed by atoms with Crippen LogP contribution in [0.1, 0.15) is 23.4 Å². The molecule has 0 saturated carbocycles. The van der Waals surface area contributed by atoms with Gasteiger partial charge in [-0.3, -0.25) is 4.79 Å². The first-order valence-corrected chi connectivity index (χ1v) is 10.8. The van der Waals surface area contributed by atoms with Gasteiger partial charge in [-0.05, 0) is 48.7 Å². The first-order valence-electron chi connectivity index (χ1n) is 9.42. The number of methoxy groups -OCH3 is 1. The molecule has 0 saturated heterocycles. The highest BCUT2D eigenvalue weighted by Gasteiger charge is 2.09. The van der Waals surface area contributed by atoms with Crippen molar-refractivity contribution in [2.24, 2.45) is 5.10 Å². The number of carbonyl (C=O) groups is 1. The minimum atomic E-state index is -0.345. The van der Waals surface area contributed by atoms with Gasteiger partial charge in [-0.2, -0.15) is 5.10 Å². The zero-order valence-corrected chi connectivity index (χ0v) is 18.3. The summed E-state index contributed by atoms with van der Waals surface area (Å²) >= 11 is 6.99. The van der Waals surface area contributed by atoms with Gasteiger partial charge < -0.3 is 14.3 Å². The molecule has 3 aromatic rings. The number of phenolic OH excluding ortho intramolecular Hbond substituents is 1. The predicted octanol–water partition coefficient (Wildman–Crippen LogP) is 3.85. The lowest BCUT2D eigenvalue weighted by atomic mass is 10.1. The third-order valence-electron chi connectivity index (χ3n) is 4.17. The van der Waals surface area contributed by atoms with E-state index in [0.29, 0.717) is 28.1 Å². The SMILES string of the molecule is COc1ccc(CCCc2nnc(SCC(=O)N/N=C\c3cc(Cl)ccc3O)o2)cc1. The Morgan fingerprint density at radius 3 is 2.84 bits per heavy atom. The van der Waals surface area contributed by atoms with Gasteiger partial charge in [0, 0.05) is 17.0 Å². The normalized spacial score (nSPS) is 11.0. The lowest BCUT2D eigenvalue weighted by Crippen LogP contribution is -2.19. The summed E-state index contributed by atoms with van der Waals surface area (Å²) in [5, 5.41) is 22.3. The van der Waals surface area contributed by atoms with Gasteiger partial charge in [0.1, 0.15) is 11.5 Å². The van der Waals surface area contributed by atoms with Crippen LogP contribution in [0.3, 0.4) is 0 Å². The monoisotopic (exact) mass is 460 g/mol. The summed E-state index contributed by atoms with van der Waals surface area (Å²) in [7, 11) is 1.64. The van der Waals surface area contributed by atoms with E-state index in [9.17, 15) is 9.90 Å². The molecule has 0 fully saturated rings. The third kappa shape index (κ3) is 7.30. The minimum Gasteiger partial charge on any atom is -0.507 e. The molecule has 162 valence electrons. The van der Waals surface area contributed by atoms with Crippen molar-refractivity contribution in [3.63, 3.8) is 0 Å². The van der Waals surface area contributed by atoms with Crippen molar-refractivity contribution in [2.75, 3.05) is 12.9 Å². The van der Waals surface area contributed by atoms with E-state index < -0.39 is 0 Å². The number of carbonyl (C=O) groups excluding carboxylic acids is 1. The van der Waals surface area contributed by atoms with Crippen LogP contribution in [-0.2, 0) is 17.6 Å². The summed E-state index contributed by atoms with van der Waals surface area (Å²) in [6, 6.07) is 12.5. The van der Waals surface area contributed by atoms with E-state index in [-0.39, 0.29) is 17.4 Å². The molecule has 1 amide bonds. The van der Waals surface area contributed by atoms with Crippen molar-refractivity contribution in [1.29, 1.82) is 0 Å². The molecule has 0 unspecified atom stereocenters. The van der Waals surface area contributed by atoms with E-state index in [2.05, 4.69) is 20.7 Å². The van der Waals surface area contributed by atoms with E-state index in [1.165, 1.54) is 23.9 Å². The highest BCUT2D eigenvalue weighted by Crippen LogP contribution is 2.20. The van der Waals surface area contributed by atoms with Gasteiger partial charge in [0.05, 0.1) is 19.1 Å². The molecule has 0 atom stereocenters. The quantitative estimate of drug-likeness (QED) is 0.268. The Morgan fingerprint density at radius 1 is 1.26 bits per heavy atom. The third-order valence-corrected chi connectivity index (χ3v) is 5.23. The van der Waals surface area contributed by atoms with Gasteiger partial charge in [-0.1, -0.05) is 35.5 Å². The van der Waals surface area contributed by atoms with Crippen molar-refractivity contribution in [1.82, 2.24) is 15.6 Å². The molecule has 0 radical (unpaired) electrons. The zero-order valence-electron chi connectivity index (χ0n) is 16.7. The Bertz CT molecular complexity index is 1040. The summed E-state index contributed by atoms with van der Waals surface area (Å²) in [6.07, 6.45) is 3.72. The number of hydrogen-bond acceptors (Lipinski definition) is 8. The zero-order chi connectivity index (χ0) is 22.1. The predicted molar refractivity (Wildman–Crippen MR) is 119 cm³/mol. The summed E-state index contributed by atoms with van der Waals surface area (Å²) < 4.78 is 10.7. The summed E-state index contributed by atoms with van der Waals surface area (Å²) in [5.41, 5.74) is 3.98. The molecule has 0 spiro atoms. The molecular formula is C21H21ClN4O4S. The maximum absolute atomic E-state index is 11.9. The molecule has 0 aliphatic carbocycles. The molecule has 1 heterocycles. The highest BCUT2D eigenvalue weighted by molar-refractivity contribution is 7.99. The molecule has 1 aromatic heterocycles. The molecule has 3 rings (SSSR count). The second-order valence-electron chi connectivity index (χ2n) is 6.45. The van der Waals surface area contributed by atoms with Crippen LogP contribution >= 0.6 is 23.4 Å². The molecule has 0 bridgehead atoms. The van der Waals surface area contributed by atoms with Crippen molar-refractivity contribution >= 4 is 35.5 Å². The van der Waals surface area contributed by atoms with E-state index >= 15 is 0 Å². The number of halogens is 1. The van der Waals surface area contributed by atoms with Gasteiger partial charge in [0.2, 0.25) is 5.89 Å². The van der Waals surface area contributed by atoms with Gasteiger partial charge in [0.25, 0.3) is 11.1 Å². The first-order chi connectivity index (χ1) is 15.0. The number of amides is 1. The van der Waals surface area contributed by atoms with Crippen LogP contribution in [0, 0.1) is 0 Å². The standard InChI is InChI=1S/C21H21ClN4O4S/c1-29-17-8-5-14(6-9-17)3-2-4-20-25-26-21(30-20)31-13-19(28)24-23-12-15-11-16(22)7-10-18(15)27/h5-12,27H,2-4,13H2,1H3,(H,24,28)/b23-12-. The average Bonchev–Trinajstić information content (AvgIpc) is 3.23. The fourth-order valence-corrected chi connectivity index (χ4v) is 3.35. The Hall–Kier alpha value is -3.04. The molecule has 0 aliphatic rings. The number of thioether (sulfide) groups is 1. The van der Waals surface area contributed by atoms with Crippen LogP contribution < -0.4 is 10.2 Å². The average molecular weight is 461 g/mol. The number of hydrazone groups is 1. The van der Waals surface area contributed by atoms with Crippen LogP contribution in [-0.4, -0.2) is 40.3 Å². The molecule has 31 heavy (non-hydrogen) atoms. The molecular weight excluding hydrogens is 440 g/mol. The fourth-order valence-electron chi connectivity index (χ4n) is 2.60. The van der Waals surface area contributed by atoms with Crippen molar-refractivity contribution in [2.45, 2.75) is 24.5 Å². The Morgan fingerprint density at radius 2 is 2.06 bits per heavy atom. The van der Waals surface area contributed by atoms with Crippen molar-refractivity contribution in [3.8, 4) is 11.5 Å². The van der Waals surface area contributed by atoms with Crippen molar-refractivity contribution < 1.29 is 19.1 Å². The van der Waals surface area contributed by atoms with Crippen LogP contribution in [0.5, 0.6) is 11.5 Å². The number of benzene rings is 2. The number of nitrogens with zero attached hydrogens (tertiary/aromatic N) is 3. The lowest BCUT2D eigenvalue weighted by molar-refractivity contribution is -0.118. The maximum Gasteiger partial charge on any atom is 0.277 e. The number of rotatable bonds is 10. The second kappa shape index (κ2) is 11.4. The number of phenols is 1. The number of aromatic nitrogens is 2. The van der Waals surface area contributed by atoms with E-state index in [1.54, 1.807) is 13.2 Å². The molecule has 8 nitrogen and oxygen atoms in total. The van der Waals surface area contributed by atoms with Gasteiger partial charge in [-0.25, -0.2) is 5.43 Å². The lowest BCUT2D eigenvalue weighted by Gasteiger charge is -2.02. The number of ether oxygens (including phenoxy) is 1. The second-order valence-corrected chi connectivity index (χ2v) is 7.81. The van der Waals surface area contributed by atoms with E-state index in [4.69, 9.17) is 20.8 Å². The molecule has 2 N–H and O–H groups in total. The summed E-state index contributed by atoms with van der Waals surface area (Å²) in [6.45, 7) is 0. The summed E-state index contributed by atoms with van der Waals surface area (Å²) in [4.78, 5) is 11.9. The number of nitrogens with one attached hydrogen (secondary N) is 1. The van der Waals surface area contributed by atoms with E-state index in [0.717, 1.165) is 30.4 Å². The Kier molecular flexibility index (Phi) is 8.31. The van der Waals surface area contributed by atoms with E-state index in [1.807, 2.05) is 24.3 Å².